The van der Waals surface area contributed by atoms with Crippen LogP contribution in [-0.4, -0.2) is 175 Å². The number of hydrogen-bond donors (Lipinski definition) is 10. The first kappa shape index (κ1) is 28.5. The molecular formula is C18H38N2O11. The van der Waals surface area contributed by atoms with Crippen LogP contribution in [0.25, 0.3) is 0 Å². The lowest BCUT2D eigenvalue weighted by Crippen LogP contribution is -2.54. The standard InChI is InChI=1S/C18H38N2O11/c21-3-11(4-22)19(12(5-23)6-24)1-15-17(29)18(30)16(31-15)2-20(13(7-25)8-26)14(9-27)10-28/h11-18,21-30H,1-10H2/t15?,16?,17-,18+. The van der Waals surface area contributed by atoms with Crippen molar-refractivity contribution in [2.75, 3.05) is 65.9 Å². The Kier molecular flexibility index (Phi) is 13.4. The fraction of sp³-hybridized carbons (Fsp3) is 1.00. The van der Waals surface area contributed by atoms with Gasteiger partial charge >= 0.3 is 0 Å². The summed E-state index contributed by atoms with van der Waals surface area (Å²) in [5, 5.41) is 97.1. The topological polar surface area (TPSA) is 218 Å². The average Bonchev–Trinajstić information content (AvgIpc) is 3.04. The van der Waals surface area contributed by atoms with E-state index in [1.165, 1.54) is 9.80 Å². The fourth-order valence-corrected chi connectivity index (χ4v) is 3.81. The van der Waals surface area contributed by atoms with Gasteiger partial charge in [0.05, 0.1) is 89.2 Å². The first-order chi connectivity index (χ1) is 14.9. The lowest BCUT2D eigenvalue weighted by molar-refractivity contribution is -0.0752. The minimum absolute atomic E-state index is 0.140. The molecule has 0 aromatic carbocycles. The molecule has 1 rings (SSSR count). The zero-order valence-electron chi connectivity index (χ0n) is 17.5. The Labute approximate surface area is 181 Å². The molecule has 1 fully saturated rings. The largest absolute Gasteiger partial charge is 0.395 e. The molecule has 1 heterocycles. The van der Waals surface area contributed by atoms with E-state index in [4.69, 9.17) is 4.74 Å². The van der Waals surface area contributed by atoms with Crippen molar-refractivity contribution in [2.24, 2.45) is 0 Å². The third-order valence-corrected chi connectivity index (χ3v) is 5.80. The van der Waals surface area contributed by atoms with E-state index >= 15 is 0 Å². The van der Waals surface area contributed by atoms with Gasteiger partial charge in [-0.1, -0.05) is 0 Å². The number of rotatable bonds is 16. The Morgan fingerprint density at radius 1 is 0.484 bits per heavy atom. The van der Waals surface area contributed by atoms with Gasteiger partial charge in [-0.25, -0.2) is 0 Å². The summed E-state index contributed by atoms with van der Waals surface area (Å²) < 4.78 is 5.77. The maximum Gasteiger partial charge on any atom is 0.110 e. The predicted octanol–water partition coefficient (Wildman–Crippen LogP) is -6.51. The Morgan fingerprint density at radius 3 is 0.903 bits per heavy atom. The predicted molar refractivity (Wildman–Crippen MR) is 106 cm³/mol. The van der Waals surface area contributed by atoms with Gasteiger partial charge in [-0.3, -0.25) is 9.80 Å². The van der Waals surface area contributed by atoms with Gasteiger partial charge in [0.2, 0.25) is 0 Å². The summed E-state index contributed by atoms with van der Waals surface area (Å²) in [6.45, 7) is -4.18. The SMILES string of the molecule is OCC(CO)N(CC1OC(CN(C(CO)CO)C(CO)CO)[C@H](O)[C@@H]1O)C(CO)CO. The van der Waals surface area contributed by atoms with Crippen LogP contribution in [0.2, 0.25) is 0 Å². The van der Waals surface area contributed by atoms with Gasteiger partial charge in [-0.2, -0.15) is 0 Å². The van der Waals surface area contributed by atoms with Crippen LogP contribution in [0.4, 0.5) is 0 Å². The maximum atomic E-state index is 10.5. The van der Waals surface area contributed by atoms with Crippen molar-refractivity contribution in [3.05, 3.63) is 0 Å². The number of ether oxygens (including phenoxy) is 1. The summed E-state index contributed by atoms with van der Waals surface area (Å²) in [7, 11) is 0. The quantitative estimate of drug-likeness (QED) is 0.104. The van der Waals surface area contributed by atoms with Crippen molar-refractivity contribution in [1.82, 2.24) is 9.80 Å². The van der Waals surface area contributed by atoms with Gasteiger partial charge in [0.1, 0.15) is 12.2 Å². The summed E-state index contributed by atoms with van der Waals surface area (Å²) in [5.74, 6) is 0. The number of aliphatic hydroxyl groups excluding tert-OH is 10. The molecule has 1 aliphatic heterocycles. The van der Waals surface area contributed by atoms with E-state index in [9.17, 15) is 51.1 Å². The van der Waals surface area contributed by atoms with Crippen molar-refractivity contribution in [3.8, 4) is 0 Å². The summed E-state index contributed by atoms with van der Waals surface area (Å²) >= 11 is 0. The van der Waals surface area contributed by atoms with Crippen LogP contribution in [-0.2, 0) is 4.74 Å². The summed E-state index contributed by atoms with van der Waals surface area (Å²) in [4.78, 5) is 2.77. The lowest BCUT2D eigenvalue weighted by atomic mass is 10.0. The molecule has 0 aliphatic carbocycles. The number of nitrogens with zero attached hydrogens (tertiary/aromatic N) is 2. The Bertz CT molecular complexity index is 398. The van der Waals surface area contributed by atoms with Crippen LogP contribution in [0.5, 0.6) is 0 Å². The molecular weight excluding hydrogens is 420 g/mol. The third kappa shape index (κ3) is 7.23. The molecule has 10 N–H and O–H groups in total. The second kappa shape index (κ2) is 14.6. The Balaban J connectivity index is 3.01. The molecule has 0 amide bonds. The van der Waals surface area contributed by atoms with Gasteiger partial charge in [0, 0.05) is 13.1 Å². The molecule has 1 saturated heterocycles. The normalized spacial score (nSPS) is 24.8. The number of hydrogen-bond acceptors (Lipinski definition) is 13. The summed E-state index contributed by atoms with van der Waals surface area (Å²) in [6.07, 6.45) is -4.83. The maximum absolute atomic E-state index is 10.5. The van der Waals surface area contributed by atoms with E-state index in [1.54, 1.807) is 0 Å². The molecule has 0 aromatic heterocycles. The van der Waals surface area contributed by atoms with Crippen molar-refractivity contribution in [3.63, 3.8) is 0 Å². The highest BCUT2D eigenvalue weighted by molar-refractivity contribution is 4.96. The van der Waals surface area contributed by atoms with Crippen molar-refractivity contribution >= 4 is 0 Å². The molecule has 186 valence electrons. The fourth-order valence-electron chi connectivity index (χ4n) is 3.81. The molecule has 0 spiro atoms. The molecule has 1 aliphatic rings. The minimum atomic E-state index is -1.39. The molecule has 0 radical (unpaired) electrons. The van der Waals surface area contributed by atoms with Gasteiger partial charge in [-0.05, 0) is 0 Å². The van der Waals surface area contributed by atoms with E-state index < -0.39 is 101 Å². The Hall–Kier alpha value is -0.520. The molecule has 0 saturated carbocycles. The molecule has 13 nitrogen and oxygen atoms in total. The minimum Gasteiger partial charge on any atom is -0.395 e. The average molecular weight is 459 g/mol. The highest BCUT2D eigenvalue weighted by Crippen LogP contribution is 2.25. The van der Waals surface area contributed by atoms with Gasteiger partial charge in [-0.15, -0.1) is 0 Å². The highest BCUT2D eigenvalue weighted by atomic mass is 16.5. The van der Waals surface area contributed by atoms with Crippen LogP contribution in [0.1, 0.15) is 0 Å². The molecule has 0 bridgehead atoms. The van der Waals surface area contributed by atoms with E-state index in [2.05, 4.69) is 0 Å². The third-order valence-electron chi connectivity index (χ3n) is 5.80. The zero-order chi connectivity index (χ0) is 23.6. The highest BCUT2D eigenvalue weighted by Gasteiger charge is 2.46. The van der Waals surface area contributed by atoms with Crippen LogP contribution >= 0.6 is 0 Å². The monoisotopic (exact) mass is 458 g/mol. The second-order valence-corrected chi connectivity index (χ2v) is 7.66. The smallest absolute Gasteiger partial charge is 0.110 e. The molecule has 13 heteroatoms. The summed E-state index contributed by atoms with van der Waals surface area (Å²) in [5.41, 5.74) is 0. The lowest BCUT2D eigenvalue weighted by Gasteiger charge is -2.37. The van der Waals surface area contributed by atoms with E-state index in [-0.39, 0.29) is 13.1 Å². The second-order valence-electron chi connectivity index (χ2n) is 7.66. The van der Waals surface area contributed by atoms with Crippen molar-refractivity contribution in [1.29, 1.82) is 0 Å². The van der Waals surface area contributed by atoms with E-state index in [1.807, 2.05) is 0 Å². The van der Waals surface area contributed by atoms with Crippen LogP contribution in [0, 0.1) is 0 Å². The van der Waals surface area contributed by atoms with Crippen LogP contribution in [0.15, 0.2) is 0 Å². The van der Waals surface area contributed by atoms with Crippen LogP contribution in [0.3, 0.4) is 0 Å². The number of aliphatic hydroxyl groups is 10. The van der Waals surface area contributed by atoms with Gasteiger partial charge in [0.25, 0.3) is 0 Å². The molecule has 0 aromatic rings. The van der Waals surface area contributed by atoms with Gasteiger partial charge in [0.15, 0.2) is 0 Å². The summed E-state index contributed by atoms with van der Waals surface area (Å²) in [6, 6.07) is -3.41. The van der Waals surface area contributed by atoms with E-state index in [0.717, 1.165) is 0 Å². The molecule has 2 unspecified atom stereocenters. The first-order valence-electron chi connectivity index (χ1n) is 10.3. The zero-order valence-corrected chi connectivity index (χ0v) is 17.5. The first-order valence-corrected chi connectivity index (χ1v) is 10.3. The van der Waals surface area contributed by atoms with Crippen LogP contribution < -0.4 is 0 Å². The van der Waals surface area contributed by atoms with Crippen molar-refractivity contribution < 1.29 is 55.8 Å². The van der Waals surface area contributed by atoms with Gasteiger partial charge < -0.3 is 55.8 Å². The molecule has 4 atom stereocenters. The van der Waals surface area contributed by atoms with Crippen molar-refractivity contribution in [2.45, 2.75) is 48.6 Å². The van der Waals surface area contributed by atoms with E-state index in [0.29, 0.717) is 0 Å². The Morgan fingerprint density at radius 2 is 0.710 bits per heavy atom. The molecule has 31 heavy (non-hydrogen) atoms.